The van der Waals surface area contributed by atoms with E-state index in [2.05, 4.69) is 20.0 Å². The van der Waals surface area contributed by atoms with Crippen molar-refractivity contribution in [2.75, 3.05) is 10.2 Å². The van der Waals surface area contributed by atoms with Crippen LogP contribution in [0.25, 0.3) is 0 Å². The molecule has 2 aromatic heterocycles. The Balaban J connectivity index is 1.57. The number of pyridine rings is 2. The van der Waals surface area contributed by atoms with Crippen molar-refractivity contribution in [3.63, 3.8) is 0 Å². The molecule has 4 rings (SSSR count). The highest BCUT2D eigenvalue weighted by Gasteiger charge is 2.51. The van der Waals surface area contributed by atoms with Crippen LogP contribution in [0, 0.1) is 0 Å². The summed E-state index contributed by atoms with van der Waals surface area (Å²) < 4.78 is 41.2. The number of hydrogen-bond acceptors (Lipinski definition) is 6. The summed E-state index contributed by atoms with van der Waals surface area (Å²) in [6.07, 6.45) is -1.63. The maximum absolute atomic E-state index is 13.3. The van der Waals surface area contributed by atoms with Crippen LogP contribution in [-0.2, 0) is 11.3 Å². The number of rotatable bonds is 6. The second kappa shape index (κ2) is 9.06. The molecule has 35 heavy (non-hydrogen) atoms. The van der Waals surface area contributed by atoms with Crippen LogP contribution in [0.1, 0.15) is 19.4 Å². The maximum Gasteiger partial charge on any atom is 0.573 e. The van der Waals surface area contributed by atoms with Gasteiger partial charge in [-0.25, -0.2) is 14.7 Å². The molecule has 3 heterocycles. The number of anilines is 3. The third kappa shape index (κ3) is 5.29. The van der Waals surface area contributed by atoms with Crippen molar-refractivity contribution < 1.29 is 27.5 Å². The Bertz CT molecular complexity index is 1250. The van der Waals surface area contributed by atoms with Crippen LogP contribution in [0.3, 0.4) is 0 Å². The molecule has 12 heteroatoms. The molecule has 1 aliphatic heterocycles. The molecule has 0 unspecified atom stereocenters. The van der Waals surface area contributed by atoms with Gasteiger partial charge in [0, 0.05) is 24.6 Å². The van der Waals surface area contributed by atoms with Gasteiger partial charge in [0.2, 0.25) is 0 Å². The van der Waals surface area contributed by atoms with E-state index in [-0.39, 0.29) is 17.4 Å². The molecular formula is C23H19ClF3N5O3. The summed E-state index contributed by atoms with van der Waals surface area (Å²) in [5, 5.41) is 3.29. The zero-order valence-electron chi connectivity index (χ0n) is 18.5. The van der Waals surface area contributed by atoms with Crippen molar-refractivity contribution in [1.29, 1.82) is 0 Å². The van der Waals surface area contributed by atoms with Crippen LogP contribution in [0.15, 0.2) is 60.9 Å². The molecule has 0 bridgehead atoms. The van der Waals surface area contributed by atoms with Crippen molar-refractivity contribution in [3.05, 3.63) is 71.6 Å². The molecule has 182 valence electrons. The number of carbonyl (C=O) groups is 2. The van der Waals surface area contributed by atoms with Crippen molar-refractivity contribution in [1.82, 2.24) is 14.9 Å². The van der Waals surface area contributed by atoms with Crippen molar-refractivity contribution in [3.8, 4) is 5.75 Å². The van der Waals surface area contributed by atoms with Gasteiger partial charge in [-0.15, -0.1) is 13.2 Å². The second-order valence-corrected chi connectivity index (χ2v) is 8.54. The minimum atomic E-state index is -4.85. The van der Waals surface area contributed by atoms with Crippen LogP contribution in [0.4, 0.5) is 35.2 Å². The van der Waals surface area contributed by atoms with Gasteiger partial charge < -0.3 is 15.0 Å². The first-order valence-corrected chi connectivity index (χ1v) is 10.7. The third-order valence-electron chi connectivity index (χ3n) is 5.30. The smallest absolute Gasteiger partial charge is 0.406 e. The molecule has 3 amide bonds. The van der Waals surface area contributed by atoms with E-state index in [0.717, 1.165) is 22.7 Å². The predicted molar refractivity (Wildman–Crippen MR) is 122 cm³/mol. The summed E-state index contributed by atoms with van der Waals surface area (Å²) in [5.41, 5.74) is 0.245. The van der Waals surface area contributed by atoms with Gasteiger partial charge in [0.1, 0.15) is 22.3 Å². The fraction of sp³-hybridized carbons (Fsp3) is 0.217. The number of alkyl halides is 3. The Morgan fingerprint density at radius 1 is 1.06 bits per heavy atom. The second-order valence-electron chi connectivity index (χ2n) is 8.15. The van der Waals surface area contributed by atoms with Crippen LogP contribution >= 0.6 is 11.6 Å². The SMILES string of the molecule is CC1(C)C(=O)N(c2ccc(OC(F)(F)F)cc2)C(=O)N1Cc1cc(Cl)nc(Nc2ccncc2)c1. The number of urea groups is 1. The molecule has 8 nitrogen and oxygen atoms in total. The summed E-state index contributed by atoms with van der Waals surface area (Å²) in [6, 6.07) is 10.7. The Morgan fingerprint density at radius 2 is 1.71 bits per heavy atom. The summed E-state index contributed by atoms with van der Waals surface area (Å²) >= 11 is 6.19. The number of amides is 3. The van der Waals surface area contributed by atoms with E-state index in [1.165, 1.54) is 17.0 Å². The molecular weight excluding hydrogens is 487 g/mol. The lowest BCUT2D eigenvalue weighted by molar-refractivity contribution is -0.274. The number of imide groups is 1. The number of carbonyl (C=O) groups excluding carboxylic acids is 2. The van der Waals surface area contributed by atoms with E-state index in [1.807, 2.05) is 0 Å². The molecule has 1 aliphatic rings. The Labute approximate surface area is 203 Å². The average molecular weight is 506 g/mol. The molecule has 1 aromatic carbocycles. The molecule has 3 aromatic rings. The van der Waals surface area contributed by atoms with Crippen LogP contribution in [-0.4, -0.2) is 38.7 Å². The molecule has 1 N–H and O–H groups in total. The summed E-state index contributed by atoms with van der Waals surface area (Å²) in [5.74, 6) is -0.550. The van der Waals surface area contributed by atoms with Gasteiger partial charge in [-0.2, -0.15) is 0 Å². The number of hydrogen-bond donors (Lipinski definition) is 1. The van der Waals surface area contributed by atoms with E-state index >= 15 is 0 Å². The van der Waals surface area contributed by atoms with Crippen molar-refractivity contribution in [2.24, 2.45) is 0 Å². The zero-order chi connectivity index (χ0) is 25.4. The molecule has 0 atom stereocenters. The highest BCUT2D eigenvalue weighted by Crippen LogP contribution is 2.35. The summed E-state index contributed by atoms with van der Waals surface area (Å²) in [7, 11) is 0. The van der Waals surface area contributed by atoms with Crippen molar-refractivity contribution >= 4 is 40.7 Å². The van der Waals surface area contributed by atoms with Gasteiger partial charge in [0.25, 0.3) is 5.91 Å². The quantitative estimate of drug-likeness (QED) is 0.350. The summed E-state index contributed by atoms with van der Waals surface area (Å²) in [6.45, 7) is 3.22. The highest BCUT2D eigenvalue weighted by molar-refractivity contribution is 6.29. The Hall–Kier alpha value is -3.86. The van der Waals surface area contributed by atoms with E-state index in [4.69, 9.17) is 11.6 Å². The number of halogens is 4. The third-order valence-corrected chi connectivity index (χ3v) is 5.49. The Kier molecular flexibility index (Phi) is 6.28. The lowest BCUT2D eigenvalue weighted by atomic mass is 10.0. The number of benzene rings is 1. The van der Waals surface area contributed by atoms with E-state index in [0.29, 0.717) is 11.4 Å². The molecule has 0 saturated carbocycles. The predicted octanol–water partition coefficient (Wildman–Crippen LogP) is 5.52. The normalized spacial score (nSPS) is 15.5. The fourth-order valence-electron chi connectivity index (χ4n) is 3.60. The largest absolute Gasteiger partial charge is 0.573 e. The number of nitrogens with one attached hydrogen (secondary N) is 1. The van der Waals surface area contributed by atoms with Crippen LogP contribution < -0.4 is 15.0 Å². The highest BCUT2D eigenvalue weighted by atomic mass is 35.5. The molecule has 1 saturated heterocycles. The van der Waals surface area contributed by atoms with E-state index in [1.54, 1.807) is 50.5 Å². The molecule has 0 aliphatic carbocycles. The van der Waals surface area contributed by atoms with E-state index in [9.17, 15) is 22.8 Å². The monoisotopic (exact) mass is 505 g/mol. The van der Waals surface area contributed by atoms with Crippen molar-refractivity contribution in [2.45, 2.75) is 32.3 Å². The van der Waals surface area contributed by atoms with Gasteiger partial charge >= 0.3 is 12.4 Å². The number of ether oxygens (including phenoxy) is 1. The van der Waals surface area contributed by atoms with Gasteiger partial charge in [0.05, 0.1) is 5.69 Å². The van der Waals surface area contributed by atoms with Gasteiger partial charge in [-0.05, 0) is 67.9 Å². The Morgan fingerprint density at radius 3 is 2.34 bits per heavy atom. The number of aromatic nitrogens is 2. The minimum absolute atomic E-state index is 0.0383. The zero-order valence-corrected chi connectivity index (χ0v) is 19.3. The topological polar surface area (TPSA) is 87.7 Å². The first-order chi connectivity index (χ1) is 16.4. The first-order valence-electron chi connectivity index (χ1n) is 10.3. The lowest BCUT2D eigenvalue weighted by Gasteiger charge is -2.28. The molecule has 1 fully saturated rings. The molecule has 0 radical (unpaired) electrons. The lowest BCUT2D eigenvalue weighted by Crippen LogP contribution is -2.43. The average Bonchev–Trinajstić information content (AvgIpc) is 2.93. The molecule has 0 spiro atoms. The maximum atomic E-state index is 13.3. The van der Waals surface area contributed by atoms with Gasteiger partial charge in [-0.1, -0.05) is 11.6 Å². The van der Waals surface area contributed by atoms with Crippen LogP contribution in [0.2, 0.25) is 5.15 Å². The number of nitrogens with zero attached hydrogens (tertiary/aromatic N) is 4. The van der Waals surface area contributed by atoms with Gasteiger partial charge in [-0.3, -0.25) is 9.78 Å². The van der Waals surface area contributed by atoms with E-state index < -0.39 is 29.6 Å². The fourth-order valence-corrected chi connectivity index (χ4v) is 3.83. The van der Waals surface area contributed by atoms with Gasteiger partial charge in [0.15, 0.2) is 0 Å². The first kappa shape index (κ1) is 24.3. The van der Waals surface area contributed by atoms with Crippen LogP contribution in [0.5, 0.6) is 5.75 Å². The summed E-state index contributed by atoms with van der Waals surface area (Å²) in [4.78, 5) is 36.8. The standard InChI is InChI=1S/C23H19ClF3N5O3/c1-22(2)20(33)32(16-3-5-17(6-4-16)35-23(25,26)27)21(34)31(22)13-14-11-18(24)30-19(12-14)29-15-7-9-28-10-8-15/h3-12H,13H2,1-2H3,(H,28,29,30). The minimum Gasteiger partial charge on any atom is -0.406 e.